The fourth-order valence-electron chi connectivity index (χ4n) is 14.1. The first-order valence-corrected chi connectivity index (χ1v) is 52.7. The lowest BCUT2D eigenvalue weighted by molar-refractivity contribution is -0.142. The van der Waals surface area contributed by atoms with Crippen molar-refractivity contribution in [3.63, 3.8) is 0 Å². The number of nitrogens with two attached hydrogens (primary N) is 3. The first kappa shape index (κ1) is 116. The zero-order valence-corrected chi connectivity index (χ0v) is 83.0. The molecule has 2 aliphatic heterocycles. The second kappa shape index (κ2) is 53.5. The van der Waals surface area contributed by atoms with Gasteiger partial charge >= 0.3 is 23.9 Å². The SMILES string of the molecule is C[C@H](N)C(=O)N[C@H]1CSCCS(=O)(=O)c2cc3cc(c2)S(=O)(=O)CCSC[C@H](NC(=O)[C@@H](C)NC(=O)[C@H](Cc2cccc4ccccc24)NC(=O)[C@H](CCC(=O)O)NC(=O)[C@H](CC(N)=O)NC(=O)[C@@H](C)NC1=O)C(=O)N[C@@H](CCC(=O)O)C(=O)N[C@@H](CC(=O)O)C(=O)N[C@@H](Cc1ccccc1)C(=O)N[C@@H](Cc1ccc(O)cc1)C(=O)NC(CC(=O)O)C(=O)N[C@@H](C(C)(C)C)C(=O)N[C@H](C(N)=O)CSCCS3(=O)=O. The number of thioether (sulfide) groups is 3. The Labute approximate surface area is 833 Å². The third-order valence-corrected chi connectivity index (χ3v) is 31.1. The highest BCUT2D eigenvalue weighted by Gasteiger charge is 2.42. The maximum atomic E-state index is 15.2. The van der Waals surface area contributed by atoms with Gasteiger partial charge in [-0.05, 0) is 96.8 Å². The number of nitrogens with one attached hydrogen (secondary N) is 14. The van der Waals surface area contributed by atoms with E-state index in [9.17, 15) is 132 Å². The summed E-state index contributed by atoms with van der Waals surface area (Å²) in [5.41, 5.74) is 16.5. The second-order valence-corrected chi connectivity index (χ2v) is 44.4. The smallest absolute Gasteiger partial charge is 0.305 e. The standard InChI is InChI=1S/C89H115N17O31S6/c1-45(90)75(118)104-66-43-139-28-31-142(134,135)54-36-53-37-55(38-54)143(136,137)32-29-140-44-67(105-77(120)47(3)93-80(123)61(35-51-17-12-16-50-15-10-11-18-56(50)51)100-78(121)57(23-25-69(109)110)95-83(126)62(39-68(91)108)97-76(119)46(2)94-86(66)129)87(130)96-58(24-26-70(111)112)79(122)101-63(40-71(113)114)84(127)99-59(33-48-13-8-7-9-14-48)81(124)98-60(34-49-19-21-52(107)22-20-49)82(125)102-64(41-72(115)116)85(128)106-73(89(4,5)6)88(131)103-65(74(92)117)42-138-27-30-141(53,132)133/h7-22,36-38,45-47,57-67,73,107H,23-35,39-44,90H2,1-6H3,(H2,91,108)(H2,92,117)(H,93,123)(H,94,129)(H,95,126)(H,96,130)(H,97,119)(H,98,124)(H,99,127)(H,100,121)(H,101,122)(H,102,125)(H,103,131)(H,104,118)(H,105,120)(H,106,128)(H,109,110)(H,111,112)(H,113,114)(H,115,116)/t45-,46+,47+,57-,58-,59-,60-,61-,62-,63-,64?,65-,66-,67-,73+/m0/s1. The van der Waals surface area contributed by atoms with Crippen molar-refractivity contribution in [2.75, 3.05) is 51.8 Å². The van der Waals surface area contributed by atoms with Crippen molar-refractivity contribution >= 4 is 194 Å². The molecule has 15 atom stereocenters. The zero-order chi connectivity index (χ0) is 106. The molecular formula is C89H115N17O31S6. The van der Waals surface area contributed by atoms with Crippen LogP contribution < -0.4 is 91.6 Å². The fraction of sp³-hybridized carbons (Fsp3) is 0.461. The van der Waals surface area contributed by atoms with Gasteiger partial charge in [-0.3, -0.25) is 95.9 Å². The number of carbonyl (C=O) groups is 20. The Morgan fingerprint density at radius 1 is 0.413 bits per heavy atom. The molecule has 0 aromatic heterocycles. The van der Waals surface area contributed by atoms with Gasteiger partial charge < -0.3 is 117 Å². The predicted molar refractivity (Wildman–Crippen MR) is 517 cm³/mol. The summed E-state index contributed by atoms with van der Waals surface area (Å²) in [6, 6.07) is -3.27. The Balaban J connectivity index is 1.42. The van der Waals surface area contributed by atoms with E-state index >= 15 is 14.4 Å². The normalized spacial score (nSPS) is 24.6. The van der Waals surface area contributed by atoms with Gasteiger partial charge in [0.25, 0.3) is 0 Å². The molecule has 4 bridgehead atoms. The van der Waals surface area contributed by atoms with Gasteiger partial charge in [0.2, 0.25) is 94.5 Å². The minimum atomic E-state index is -5.05. The van der Waals surface area contributed by atoms with Crippen LogP contribution in [0.15, 0.2) is 130 Å². The molecule has 2 aliphatic rings. The number of phenolic OH excluding ortho intramolecular Hbond substituents is 1. The molecule has 5 aromatic rings. The summed E-state index contributed by atoms with van der Waals surface area (Å²) in [6.07, 6.45) is -8.97. The molecule has 7 rings (SSSR count). The molecule has 0 radical (unpaired) electrons. The third-order valence-electron chi connectivity index (χ3n) is 22.0. The average Bonchev–Trinajstić information content (AvgIpc) is 0.773. The summed E-state index contributed by atoms with van der Waals surface area (Å²) < 4.78 is 89.0. The van der Waals surface area contributed by atoms with Gasteiger partial charge in [0, 0.05) is 66.6 Å². The number of hydrogen-bond donors (Lipinski definition) is 22. The van der Waals surface area contributed by atoms with Crippen molar-refractivity contribution in [1.29, 1.82) is 0 Å². The highest BCUT2D eigenvalue weighted by atomic mass is 32.2. The summed E-state index contributed by atoms with van der Waals surface area (Å²) >= 11 is 1.78. The van der Waals surface area contributed by atoms with E-state index < -0.39 is 375 Å². The van der Waals surface area contributed by atoms with Crippen molar-refractivity contribution in [1.82, 2.24) is 74.4 Å². The van der Waals surface area contributed by atoms with E-state index in [2.05, 4.69) is 74.4 Å². The number of amides is 16. The molecule has 25 N–H and O–H groups in total. The van der Waals surface area contributed by atoms with E-state index in [1.165, 1.54) is 82.3 Å². The predicted octanol–water partition coefficient (Wildman–Crippen LogP) is -4.92. The molecule has 0 spiro atoms. The lowest BCUT2D eigenvalue weighted by Gasteiger charge is -2.33. The molecule has 0 fully saturated rings. The molecule has 778 valence electrons. The number of benzene rings is 5. The second-order valence-electron chi connectivity index (χ2n) is 34.6. The van der Waals surface area contributed by atoms with Crippen LogP contribution in [0.25, 0.3) is 10.8 Å². The summed E-state index contributed by atoms with van der Waals surface area (Å²) in [6.45, 7) is 7.54. The molecule has 0 saturated heterocycles. The number of carbonyl (C=O) groups excluding carboxylic acids is 16. The summed E-state index contributed by atoms with van der Waals surface area (Å²) in [5, 5.41) is 84.5. The van der Waals surface area contributed by atoms with Crippen LogP contribution in [0.4, 0.5) is 0 Å². The van der Waals surface area contributed by atoms with Crippen LogP contribution in [0.5, 0.6) is 5.75 Å². The van der Waals surface area contributed by atoms with Crippen molar-refractivity contribution in [2.45, 2.75) is 211 Å². The van der Waals surface area contributed by atoms with Crippen molar-refractivity contribution in [3.05, 3.63) is 132 Å². The number of sulfone groups is 3. The molecule has 16 amide bonds. The number of aromatic hydroxyl groups is 1. The van der Waals surface area contributed by atoms with Gasteiger partial charge in [-0.15, -0.1) is 0 Å². The topological polar surface area (TPSA) is 791 Å². The van der Waals surface area contributed by atoms with Crippen LogP contribution in [0, 0.1) is 5.41 Å². The number of hydrogen-bond acceptors (Lipinski definition) is 31. The largest absolute Gasteiger partial charge is 0.508 e. The van der Waals surface area contributed by atoms with E-state index in [-0.39, 0.29) is 16.9 Å². The minimum absolute atomic E-state index is 0.166. The van der Waals surface area contributed by atoms with Gasteiger partial charge in [-0.25, -0.2) is 25.3 Å². The van der Waals surface area contributed by atoms with E-state index in [0.717, 1.165) is 13.8 Å². The Kier molecular flexibility index (Phi) is 43.5. The van der Waals surface area contributed by atoms with Crippen molar-refractivity contribution in [2.24, 2.45) is 22.6 Å². The number of fused-ring (bicyclic) bond motifs is 8. The molecule has 2 heterocycles. The molecule has 54 heteroatoms. The van der Waals surface area contributed by atoms with E-state index in [1.807, 2.05) is 0 Å². The third kappa shape index (κ3) is 37.0. The molecule has 0 aliphatic carbocycles. The molecule has 0 saturated carbocycles. The average molecular weight is 2110 g/mol. The number of carboxylic acids is 4. The molecular weight excluding hydrogens is 2000 g/mol. The van der Waals surface area contributed by atoms with Gasteiger partial charge in [-0.2, -0.15) is 35.3 Å². The maximum Gasteiger partial charge on any atom is 0.305 e. The van der Waals surface area contributed by atoms with Crippen LogP contribution in [-0.2, 0) is 145 Å². The molecule has 1 unspecified atom stereocenters. The van der Waals surface area contributed by atoms with E-state index in [1.54, 1.807) is 42.5 Å². The Morgan fingerprint density at radius 3 is 1.27 bits per heavy atom. The van der Waals surface area contributed by atoms with Gasteiger partial charge in [0.05, 0.1) is 57.2 Å². The van der Waals surface area contributed by atoms with Gasteiger partial charge in [-0.1, -0.05) is 106 Å². The lowest BCUT2D eigenvalue weighted by Crippen LogP contribution is -2.62. The first-order chi connectivity index (χ1) is 67.0. The highest BCUT2D eigenvalue weighted by molar-refractivity contribution is 8.01. The first-order valence-electron chi connectivity index (χ1n) is 44.3. The van der Waals surface area contributed by atoms with Crippen molar-refractivity contribution in [3.8, 4) is 5.75 Å². The van der Waals surface area contributed by atoms with Crippen molar-refractivity contribution < 1.29 is 147 Å². The Bertz CT molecular complexity index is 5950. The van der Waals surface area contributed by atoms with Crippen LogP contribution in [0.2, 0.25) is 0 Å². The Morgan fingerprint density at radius 2 is 0.797 bits per heavy atom. The number of phenols is 1. The quantitative estimate of drug-likeness (QED) is 0.0327. The fourth-order valence-corrected chi connectivity index (χ4v) is 22.9. The zero-order valence-electron chi connectivity index (χ0n) is 78.1. The minimum Gasteiger partial charge on any atom is -0.508 e. The summed E-state index contributed by atoms with van der Waals surface area (Å²) in [7, 11) is -15.0. The maximum absolute atomic E-state index is 15.2. The summed E-state index contributed by atoms with van der Waals surface area (Å²) in [5.74, 6) is -35.0. The van der Waals surface area contributed by atoms with E-state index in [4.69, 9.17) is 17.2 Å². The molecule has 48 nitrogen and oxygen atoms in total. The number of rotatable bonds is 21. The monoisotopic (exact) mass is 2110 g/mol. The van der Waals surface area contributed by atoms with Crippen LogP contribution >= 0.6 is 35.3 Å². The Hall–Kier alpha value is -13.6. The molecule has 5 aromatic carbocycles. The van der Waals surface area contributed by atoms with Gasteiger partial charge in [0.15, 0.2) is 29.5 Å². The highest BCUT2D eigenvalue weighted by Crippen LogP contribution is 2.29. The van der Waals surface area contributed by atoms with Crippen LogP contribution in [0.1, 0.15) is 103 Å². The lowest BCUT2D eigenvalue weighted by atomic mass is 9.85. The van der Waals surface area contributed by atoms with E-state index in [0.29, 0.717) is 69.8 Å². The number of aliphatic carboxylic acids is 4. The number of carboxylic acid groups (broad SMARTS) is 4. The van der Waals surface area contributed by atoms with Crippen LogP contribution in [0.3, 0.4) is 0 Å². The van der Waals surface area contributed by atoms with Crippen LogP contribution in [-0.4, -0.2) is 312 Å². The summed E-state index contributed by atoms with van der Waals surface area (Å²) in [4.78, 5) is 278. The number of primary amides is 2. The molecule has 143 heavy (non-hydrogen) atoms. The van der Waals surface area contributed by atoms with Gasteiger partial charge in [0.1, 0.15) is 90.3 Å².